The Morgan fingerprint density at radius 2 is 2.06 bits per heavy atom. The maximum absolute atomic E-state index is 11.2. The Morgan fingerprint density at radius 3 is 2.62 bits per heavy atom. The van der Waals surface area contributed by atoms with E-state index < -0.39 is 6.10 Å². The first-order valence-electron chi connectivity index (χ1n) is 5.46. The second-order valence-corrected chi connectivity index (χ2v) is 4.04. The van der Waals surface area contributed by atoms with E-state index in [2.05, 4.69) is 5.32 Å². The Labute approximate surface area is 94.9 Å². The van der Waals surface area contributed by atoms with E-state index in [-0.39, 0.29) is 5.91 Å². The van der Waals surface area contributed by atoms with Crippen molar-refractivity contribution in [2.75, 3.05) is 24.5 Å². The van der Waals surface area contributed by atoms with Gasteiger partial charge in [-0.05, 0) is 24.6 Å². The van der Waals surface area contributed by atoms with Gasteiger partial charge in [-0.25, -0.2) is 0 Å². The van der Waals surface area contributed by atoms with Crippen LogP contribution in [0.25, 0.3) is 0 Å². The predicted octanol–water partition coefficient (Wildman–Crippen LogP) is 0.676. The van der Waals surface area contributed by atoms with Crippen molar-refractivity contribution in [3.8, 4) is 0 Å². The van der Waals surface area contributed by atoms with E-state index in [0.717, 1.165) is 17.8 Å². The molecule has 1 atom stereocenters. The molecule has 0 radical (unpaired) electrons. The van der Waals surface area contributed by atoms with E-state index in [1.807, 2.05) is 29.2 Å². The number of aliphatic hydroxyl groups excluding tert-OH is 1. The molecule has 4 heteroatoms. The molecule has 2 N–H and O–H groups in total. The maximum Gasteiger partial charge on any atom is 0.239 e. The number of nitrogens with zero attached hydrogens (tertiary/aromatic N) is 1. The van der Waals surface area contributed by atoms with Crippen molar-refractivity contribution in [3.63, 3.8) is 0 Å². The Hall–Kier alpha value is -1.55. The zero-order valence-electron chi connectivity index (χ0n) is 9.31. The summed E-state index contributed by atoms with van der Waals surface area (Å²) < 4.78 is 0. The third-order valence-electron chi connectivity index (χ3n) is 2.78. The number of piperazine rings is 1. The van der Waals surface area contributed by atoms with Crippen molar-refractivity contribution in [1.82, 2.24) is 5.32 Å². The molecule has 1 amide bonds. The highest BCUT2D eigenvalue weighted by Crippen LogP contribution is 2.19. The molecule has 16 heavy (non-hydrogen) atoms. The molecule has 0 aliphatic carbocycles. The second kappa shape index (κ2) is 4.53. The lowest BCUT2D eigenvalue weighted by Gasteiger charge is -2.28. The molecule has 0 spiro atoms. The number of benzene rings is 1. The molecule has 0 saturated carbocycles. The summed E-state index contributed by atoms with van der Waals surface area (Å²) in [7, 11) is 0. The highest BCUT2D eigenvalue weighted by atomic mass is 16.3. The molecule has 1 fully saturated rings. The molecule has 86 valence electrons. The minimum absolute atomic E-state index is 0.0610. The Bertz CT molecular complexity index is 373. The number of amides is 1. The number of rotatable bonds is 2. The lowest BCUT2D eigenvalue weighted by molar-refractivity contribution is -0.120. The number of hydrogen-bond acceptors (Lipinski definition) is 3. The molecule has 1 aromatic carbocycles. The van der Waals surface area contributed by atoms with E-state index in [1.165, 1.54) is 0 Å². The molecule has 1 aromatic rings. The van der Waals surface area contributed by atoms with Crippen LogP contribution in [0.1, 0.15) is 18.6 Å². The van der Waals surface area contributed by atoms with Gasteiger partial charge in [-0.1, -0.05) is 12.1 Å². The summed E-state index contributed by atoms with van der Waals surface area (Å²) in [4.78, 5) is 13.3. The van der Waals surface area contributed by atoms with Crippen LogP contribution in [0.3, 0.4) is 0 Å². The van der Waals surface area contributed by atoms with Crippen LogP contribution in [0.2, 0.25) is 0 Å². The fourth-order valence-corrected chi connectivity index (χ4v) is 1.82. The smallest absolute Gasteiger partial charge is 0.239 e. The van der Waals surface area contributed by atoms with Crippen molar-refractivity contribution < 1.29 is 9.90 Å². The van der Waals surface area contributed by atoms with Crippen molar-refractivity contribution in [1.29, 1.82) is 0 Å². The molecule has 1 aliphatic heterocycles. The van der Waals surface area contributed by atoms with Crippen LogP contribution in [-0.4, -0.2) is 30.6 Å². The largest absolute Gasteiger partial charge is 0.389 e. The number of carbonyl (C=O) groups is 1. The highest BCUT2D eigenvalue weighted by Gasteiger charge is 2.16. The fourth-order valence-electron chi connectivity index (χ4n) is 1.82. The molecule has 2 rings (SSSR count). The zero-order chi connectivity index (χ0) is 11.5. The topological polar surface area (TPSA) is 52.6 Å². The summed E-state index contributed by atoms with van der Waals surface area (Å²) in [6.07, 6.45) is -0.446. The number of anilines is 1. The molecule has 0 bridgehead atoms. The highest BCUT2D eigenvalue weighted by molar-refractivity contribution is 5.82. The monoisotopic (exact) mass is 220 g/mol. The molecule has 1 unspecified atom stereocenters. The van der Waals surface area contributed by atoms with E-state index in [1.54, 1.807) is 6.92 Å². The fraction of sp³-hybridized carbons (Fsp3) is 0.417. The summed E-state index contributed by atoms with van der Waals surface area (Å²) >= 11 is 0. The van der Waals surface area contributed by atoms with Gasteiger partial charge in [0.15, 0.2) is 0 Å². The summed E-state index contributed by atoms with van der Waals surface area (Å²) in [6, 6.07) is 7.68. The second-order valence-electron chi connectivity index (χ2n) is 4.04. The lowest BCUT2D eigenvalue weighted by Crippen LogP contribution is -2.47. The van der Waals surface area contributed by atoms with Gasteiger partial charge < -0.3 is 15.3 Å². The van der Waals surface area contributed by atoms with Crippen LogP contribution in [0.5, 0.6) is 0 Å². The quantitative estimate of drug-likeness (QED) is 0.770. The van der Waals surface area contributed by atoms with Gasteiger partial charge in [-0.3, -0.25) is 4.79 Å². The van der Waals surface area contributed by atoms with E-state index >= 15 is 0 Å². The van der Waals surface area contributed by atoms with Crippen molar-refractivity contribution >= 4 is 11.6 Å². The van der Waals surface area contributed by atoms with Crippen LogP contribution in [0, 0.1) is 0 Å². The zero-order valence-corrected chi connectivity index (χ0v) is 9.31. The van der Waals surface area contributed by atoms with Gasteiger partial charge in [0.25, 0.3) is 0 Å². The van der Waals surface area contributed by atoms with Crippen LogP contribution >= 0.6 is 0 Å². The van der Waals surface area contributed by atoms with E-state index in [4.69, 9.17) is 0 Å². The van der Waals surface area contributed by atoms with Crippen LogP contribution < -0.4 is 10.2 Å². The summed E-state index contributed by atoms with van der Waals surface area (Å²) in [5, 5.41) is 12.2. The molecule has 1 aliphatic rings. The number of aliphatic hydroxyl groups is 1. The van der Waals surface area contributed by atoms with Crippen molar-refractivity contribution in [3.05, 3.63) is 29.8 Å². The standard InChI is InChI=1S/C12H16N2O2/c1-9(15)10-2-4-11(5-3-10)14-7-6-13-12(16)8-14/h2-5,9,15H,6-8H2,1H3,(H,13,16). The van der Waals surface area contributed by atoms with Gasteiger partial charge >= 0.3 is 0 Å². The average Bonchev–Trinajstić information content (AvgIpc) is 2.29. The van der Waals surface area contributed by atoms with E-state index in [0.29, 0.717) is 13.1 Å². The average molecular weight is 220 g/mol. The first-order chi connectivity index (χ1) is 7.66. The van der Waals surface area contributed by atoms with Crippen molar-refractivity contribution in [2.45, 2.75) is 13.0 Å². The number of nitrogens with one attached hydrogen (secondary N) is 1. The molecule has 1 heterocycles. The molecular formula is C12H16N2O2. The van der Waals surface area contributed by atoms with Gasteiger partial charge in [0, 0.05) is 18.8 Å². The Kier molecular flexibility index (Phi) is 3.10. The number of hydrogen-bond donors (Lipinski definition) is 2. The maximum atomic E-state index is 11.2. The van der Waals surface area contributed by atoms with Gasteiger partial charge in [-0.15, -0.1) is 0 Å². The molecular weight excluding hydrogens is 204 g/mol. The summed E-state index contributed by atoms with van der Waals surface area (Å²) in [6.45, 7) is 3.67. The first-order valence-corrected chi connectivity index (χ1v) is 5.46. The van der Waals surface area contributed by atoms with Crippen LogP contribution in [0.4, 0.5) is 5.69 Å². The normalized spacial score (nSPS) is 18.1. The van der Waals surface area contributed by atoms with Gasteiger partial charge in [0.05, 0.1) is 12.6 Å². The Morgan fingerprint density at radius 1 is 1.38 bits per heavy atom. The predicted molar refractivity (Wildman–Crippen MR) is 62.3 cm³/mol. The molecule has 1 saturated heterocycles. The summed E-state index contributed by atoms with van der Waals surface area (Å²) in [5.41, 5.74) is 1.92. The van der Waals surface area contributed by atoms with Crippen LogP contribution in [0.15, 0.2) is 24.3 Å². The van der Waals surface area contributed by atoms with Gasteiger partial charge in [0.1, 0.15) is 0 Å². The minimum Gasteiger partial charge on any atom is -0.389 e. The summed E-state index contributed by atoms with van der Waals surface area (Å²) in [5.74, 6) is 0.0610. The molecule has 0 aromatic heterocycles. The van der Waals surface area contributed by atoms with E-state index in [9.17, 15) is 9.90 Å². The van der Waals surface area contributed by atoms with Gasteiger partial charge in [0.2, 0.25) is 5.91 Å². The third kappa shape index (κ3) is 2.33. The first kappa shape index (κ1) is 11.0. The van der Waals surface area contributed by atoms with Gasteiger partial charge in [-0.2, -0.15) is 0 Å². The third-order valence-corrected chi connectivity index (χ3v) is 2.78. The number of carbonyl (C=O) groups excluding carboxylic acids is 1. The Balaban J connectivity index is 2.11. The van der Waals surface area contributed by atoms with Crippen molar-refractivity contribution in [2.24, 2.45) is 0 Å². The molecule has 4 nitrogen and oxygen atoms in total. The lowest BCUT2D eigenvalue weighted by atomic mass is 10.1. The van der Waals surface area contributed by atoms with Crippen LogP contribution in [-0.2, 0) is 4.79 Å². The minimum atomic E-state index is -0.446. The SMILES string of the molecule is CC(O)c1ccc(N2CCNC(=O)C2)cc1.